The van der Waals surface area contributed by atoms with Gasteiger partial charge in [-0.1, -0.05) is 0 Å². The lowest BCUT2D eigenvalue weighted by Gasteiger charge is -2.14. The van der Waals surface area contributed by atoms with E-state index in [2.05, 4.69) is 36.1 Å². The van der Waals surface area contributed by atoms with Gasteiger partial charge in [0.1, 0.15) is 6.20 Å². The van der Waals surface area contributed by atoms with Crippen LogP contribution in [0.5, 0.6) is 0 Å². The minimum Gasteiger partial charge on any atom is -0.418 e. The molecule has 0 aromatic carbocycles. The Morgan fingerprint density at radius 3 is 1.88 bits per heavy atom. The van der Waals surface area contributed by atoms with Gasteiger partial charge < -0.3 is 17.3 Å². The van der Waals surface area contributed by atoms with Crippen LogP contribution in [-0.2, 0) is 7.05 Å². The highest BCUT2D eigenvalue weighted by Gasteiger charge is 2.20. The number of rotatable bonds is 3. The molecule has 0 bridgehead atoms. The Balaban J connectivity index is 0.000000385. The van der Waals surface area contributed by atoms with Crippen molar-refractivity contribution in [1.29, 1.82) is 0 Å². The number of nitrogens with zero attached hydrogens (tertiary/aromatic N) is 3. The molecular formula is C8H16BF4N3. The summed E-state index contributed by atoms with van der Waals surface area (Å²) in [5, 5.41) is 2.25. The highest BCUT2D eigenvalue weighted by Crippen LogP contribution is 2.06. The average Bonchev–Trinajstić information content (AvgIpc) is 2.51. The molecule has 1 heterocycles. The maximum atomic E-state index is 9.75. The molecular weight excluding hydrogens is 225 g/mol. The van der Waals surface area contributed by atoms with Gasteiger partial charge in [-0.3, -0.25) is 0 Å². The number of halogens is 4. The van der Waals surface area contributed by atoms with Crippen molar-refractivity contribution in [1.82, 2.24) is 4.68 Å². The highest BCUT2D eigenvalue weighted by molar-refractivity contribution is 6.50. The lowest BCUT2D eigenvalue weighted by molar-refractivity contribution is -0.671. The van der Waals surface area contributed by atoms with Crippen LogP contribution in [0.3, 0.4) is 0 Å². The minimum atomic E-state index is -6.00. The third-order valence-electron chi connectivity index (χ3n) is 1.81. The number of hydrogen-bond donors (Lipinski definition) is 0. The van der Waals surface area contributed by atoms with Crippen molar-refractivity contribution in [2.45, 2.75) is 13.8 Å². The first-order chi connectivity index (χ1) is 7.27. The first-order valence-electron chi connectivity index (χ1n) is 4.93. The van der Waals surface area contributed by atoms with Crippen LogP contribution in [0.25, 0.3) is 0 Å². The molecule has 0 aliphatic rings. The maximum Gasteiger partial charge on any atom is 0.673 e. The van der Waals surface area contributed by atoms with E-state index in [0.717, 1.165) is 13.1 Å². The van der Waals surface area contributed by atoms with Gasteiger partial charge in [0.15, 0.2) is 6.20 Å². The van der Waals surface area contributed by atoms with Gasteiger partial charge in [-0.15, -0.1) is 4.68 Å². The van der Waals surface area contributed by atoms with Crippen LogP contribution in [0.4, 0.5) is 17.3 Å². The van der Waals surface area contributed by atoms with Gasteiger partial charge in [0.25, 0.3) is 6.33 Å². The zero-order valence-electron chi connectivity index (χ0n) is 9.58. The minimum absolute atomic E-state index is 1.05. The van der Waals surface area contributed by atoms with Crippen LogP contribution in [0.2, 0.25) is 0 Å². The fourth-order valence-corrected chi connectivity index (χ4v) is 1.15. The summed E-state index contributed by atoms with van der Waals surface area (Å²) in [6, 6.07) is 0. The van der Waals surface area contributed by atoms with Gasteiger partial charge in [0.2, 0.25) is 0 Å². The van der Waals surface area contributed by atoms with Crippen molar-refractivity contribution in [3.05, 3.63) is 18.7 Å². The second-order valence-corrected chi connectivity index (χ2v) is 3.09. The van der Waals surface area contributed by atoms with Crippen molar-refractivity contribution in [3.8, 4) is 0 Å². The second kappa shape index (κ2) is 6.39. The van der Waals surface area contributed by atoms with Crippen LogP contribution >= 0.6 is 0 Å². The summed E-state index contributed by atoms with van der Waals surface area (Å²) in [5.41, 5.74) is 0. The van der Waals surface area contributed by atoms with Gasteiger partial charge >= 0.3 is 7.25 Å². The summed E-state index contributed by atoms with van der Waals surface area (Å²) < 4.78 is 43.2. The quantitative estimate of drug-likeness (QED) is 0.444. The Hall–Kier alpha value is -1.21. The number of imidazole rings is 1. The Morgan fingerprint density at radius 1 is 1.19 bits per heavy atom. The molecule has 0 N–H and O–H groups in total. The SMILES string of the molecule is CCN(CC)n1cc[n+](C)c1.F[B-](F)(F)F. The third kappa shape index (κ3) is 7.13. The fraction of sp³-hybridized carbons (Fsp3) is 0.625. The highest BCUT2D eigenvalue weighted by atomic mass is 19.5. The fourth-order valence-electron chi connectivity index (χ4n) is 1.15. The average molecular weight is 241 g/mol. The van der Waals surface area contributed by atoms with Crippen LogP contribution in [0.1, 0.15) is 13.8 Å². The molecule has 94 valence electrons. The van der Waals surface area contributed by atoms with Crippen molar-refractivity contribution >= 4 is 7.25 Å². The predicted octanol–water partition coefficient (Wildman–Crippen LogP) is 1.59. The first-order valence-corrected chi connectivity index (χ1v) is 4.93. The van der Waals surface area contributed by atoms with Crippen LogP contribution < -0.4 is 9.58 Å². The number of hydrogen-bond acceptors (Lipinski definition) is 1. The van der Waals surface area contributed by atoms with E-state index < -0.39 is 7.25 Å². The Bertz CT molecular complexity index is 290. The topological polar surface area (TPSA) is 12.1 Å². The molecule has 0 atom stereocenters. The van der Waals surface area contributed by atoms with Gasteiger partial charge in [-0.25, -0.2) is 9.58 Å². The molecule has 0 unspecified atom stereocenters. The van der Waals surface area contributed by atoms with Crippen molar-refractivity contribution < 1.29 is 21.8 Å². The van der Waals surface area contributed by atoms with E-state index in [1.54, 1.807) is 0 Å². The molecule has 3 nitrogen and oxygen atoms in total. The zero-order chi connectivity index (χ0) is 12.8. The summed E-state index contributed by atoms with van der Waals surface area (Å²) in [7, 11) is -3.97. The van der Waals surface area contributed by atoms with E-state index in [9.17, 15) is 17.3 Å². The molecule has 1 aromatic rings. The lowest BCUT2D eigenvalue weighted by atomic mass is 10.3. The molecule has 1 rings (SSSR count). The van der Waals surface area contributed by atoms with E-state index in [4.69, 9.17) is 0 Å². The van der Waals surface area contributed by atoms with Crippen molar-refractivity contribution in [2.24, 2.45) is 7.05 Å². The number of aryl methyl sites for hydroxylation is 1. The maximum absolute atomic E-state index is 9.75. The van der Waals surface area contributed by atoms with Crippen molar-refractivity contribution in [3.63, 3.8) is 0 Å². The number of aromatic nitrogens is 2. The summed E-state index contributed by atoms with van der Waals surface area (Å²) in [6.07, 6.45) is 6.16. The monoisotopic (exact) mass is 241 g/mol. The molecule has 8 heteroatoms. The largest absolute Gasteiger partial charge is 0.673 e. The molecule has 0 aliphatic heterocycles. The van der Waals surface area contributed by atoms with E-state index in [-0.39, 0.29) is 0 Å². The molecule has 16 heavy (non-hydrogen) atoms. The molecule has 0 saturated heterocycles. The smallest absolute Gasteiger partial charge is 0.418 e. The Morgan fingerprint density at radius 2 is 1.62 bits per heavy atom. The molecule has 1 aromatic heterocycles. The van der Waals surface area contributed by atoms with Crippen LogP contribution in [0.15, 0.2) is 18.7 Å². The summed E-state index contributed by atoms with van der Waals surface area (Å²) in [4.78, 5) is 0. The Kier molecular flexibility index (Phi) is 5.91. The second-order valence-electron chi connectivity index (χ2n) is 3.09. The van der Waals surface area contributed by atoms with E-state index in [1.165, 1.54) is 0 Å². The molecule has 0 aliphatic carbocycles. The lowest BCUT2D eigenvalue weighted by Crippen LogP contribution is -2.35. The van der Waals surface area contributed by atoms with Gasteiger partial charge in [-0.05, 0) is 13.8 Å². The molecule has 0 fully saturated rings. The first kappa shape index (κ1) is 14.8. The normalized spacial score (nSPS) is 10.7. The van der Waals surface area contributed by atoms with E-state index in [1.807, 2.05) is 17.8 Å². The zero-order valence-corrected chi connectivity index (χ0v) is 9.58. The molecule has 0 spiro atoms. The van der Waals surface area contributed by atoms with Crippen LogP contribution in [0, 0.1) is 0 Å². The Labute approximate surface area is 92.4 Å². The summed E-state index contributed by atoms with van der Waals surface area (Å²) in [6.45, 7) is 6.41. The molecule has 0 amide bonds. The van der Waals surface area contributed by atoms with Crippen molar-refractivity contribution in [2.75, 3.05) is 18.1 Å². The third-order valence-corrected chi connectivity index (χ3v) is 1.81. The molecule has 0 saturated carbocycles. The summed E-state index contributed by atoms with van der Waals surface area (Å²) >= 11 is 0. The van der Waals surface area contributed by atoms with E-state index in [0.29, 0.717) is 0 Å². The van der Waals surface area contributed by atoms with Gasteiger partial charge in [0.05, 0.1) is 20.1 Å². The van der Waals surface area contributed by atoms with Gasteiger partial charge in [0, 0.05) is 0 Å². The molecule has 0 radical (unpaired) electrons. The van der Waals surface area contributed by atoms with Gasteiger partial charge in [-0.2, -0.15) is 0 Å². The standard InChI is InChI=1S/C8H16N3.BF4/c1-4-10(5-2)11-7-6-9(3)8-11;2-1(3,4)5/h6-8H,4-5H2,1-3H3;/q+1;-1. The van der Waals surface area contributed by atoms with E-state index >= 15 is 0 Å². The predicted molar refractivity (Wildman–Crippen MR) is 55.1 cm³/mol. The summed E-state index contributed by atoms with van der Waals surface area (Å²) in [5.74, 6) is 0. The van der Waals surface area contributed by atoms with Crippen LogP contribution in [-0.4, -0.2) is 25.0 Å².